The Kier molecular flexibility index (Phi) is 4.81. The molecule has 1 amide bonds. The zero-order valence-electron chi connectivity index (χ0n) is 15.2. The standard InChI is InChI=1S/C21H20N4OS/c1-13-3-6-15(7-4-13)10-22-18(26)11-27-21-20-19(23-12-24-21)16-9-14(2)5-8-17(16)25-20/h3-9,12,25H,10-11H2,1-2H3,(H,22,26). The Bertz CT molecular complexity index is 1120. The summed E-state index contributed by atoms with van der Waals surface area (Å²) < 4.78 is 0. The molecule has 0 spiro atoms. The van der Waals surface area contributed by atoms with Crippen molar-refractivity contribution in [1.82, 2.24) is 20.3 Å². The molecule has 2 N–H and O–H groups in total. The number of nitrogens with one attached hydrogen (secondary N) is 2. The summed E-state index contributed by atoms with van der Waals surface area (Å²) >= 11 is 1.42. The molecule has 0 aliphatic heterocycles. The van der Waals surface area contributed by atoms with E-state index in [-0.39, 0.29) is 5.91 Å². The number of hydrogen-bond donors (Lipinski definition) is 2. The smallest absolute Gasteiger partial charge is 0.230 e. The van der Waals surface area contributed by atoms with Crippen molar-refractivity contribution >= 4 is 39.6 Å². The third-order valence-corrected chi connectivity index (χ3v) is 5.44. The zero-order chi connectivity index (χ0) is 18.8. The summed E-state index contributed by atoms with van der Waals surface area (Å²) in [7, 11) is 0. The van der Waals surface area contributed by atoms with E-state index in [4.69, 9.17) is 0 Å². The molecule has 0 saturated heterocycles. The summed E-state index contributed by atoms with van der Waals surface area (Å²) in [5.41, 5.74) is 6.30. The minimum Gasteiger partial charge on any atom is -0.351 e. The molecule has 4 aromatic rings. The van der Waals surface area contributed by atoms with Crippen molar-refractivity contribution < 1.29 is 4.79 Å². The molecule has 2 aromatic heterocycles. The van der Waals surface area contributed by atoms with E-state index in [1.165, 1.54) is 22.9 Å². The highest BCUT2D eigenvalue weighted by molar-refractivity contribution is 8.00. The highest BCUT2D eigenvalue weighted by atomic mass is 32.2. The summed E-state index contributed by atoms with van der Waals surface area (Å²) in [6.07, 6.45) is 1.56. The maximum atomic E-state index is 12.2. The summed E-state index contributed by atoms with van der Waals surface area (Å²) in [5.74, 6) is 0.297. The number of rotatable bonds is 5. The highest BCUT2D eigenvalue weighted by Crippen LogP contribution is 2.30. The lowest BCUT2D eigenvalue weighted by Gasteiger charge is -2.06. The van der Waals surface area contributed by atoms with Gasteiger partial charge in [0.15, 0.2) is 0 Å². The molecular formula is C21H20N4OS. The molecule has 5 nitrogen and oxygen atoms in total. The third-order valence-electron chi connectivity index (χ3n) is 4.45. The van der Waals surface area contributed by atoms with Crippen molar-refractivity contribution in [3.63, 3.8) is 0 Å². The van der Waals surface area contributed by atoms with E-state index in [0.717, 1.165) is 32.5 Å². The van der Waals surface area contributed by atoms with Crippen LogP contribution < -0.4 is 5.32 Å². The average Bonchev–Trinajstić information content (AvgIpc) is 3.04. The molecule has 0 unspecified atom stereocenters. The molecule has 136 valence electrons. The molecule has 0 bridgehead atoms. The fourth-order valence-electron chi connectivity index (χ4n) is 2.98. The number of aromatic amines is 1. The maximum absolute atomic E-state index is 12.2. The molecule has 4 rings (SSSR count). The Labute approximate surface area is 161 Å². The molecule has 6 heteroatoms. The van der Waals surface area contributed by atoms with Crippen LogP contribution >= 0.6 is 11.8 Å². The van der Waals surface area contributed by atoms with Gasteiger partial charge in [0, 0.05) is 17.4 Å². The Morgan fingerprint density at radius 3 is 2.67 bits per heavy atom. The van der Waals surface area contributed by atoms with Crippen LogP contribution in [0.5, 0.6) is 0 Å². The van der Waals surface area contributed by atoms with Crippen LogP contribution in [0.4, 0.5) is 0 Å². The summed E-state index contributed by atoms with van der Waals surface area (Å²) in [5, 5.41) is 4.83. The lowest BCUT2D eigenvalue weighted by Crippen LogP contribution is -2.24. The van der Waals surface area contributed by atoms with E-state index in [2.05, 4.69) is 45.4 Å². The van der Waals surface area contributed by atoms with E-state index in [9.17, 15) is 4.79 Å². The lowest BCUT2D eigenvalue weighted by molar-refractivity contribution is -0.118. The Hall–Kier alpha value is -2.86. The van der Waals surface area contributed by atoms with Crippen LogP contribution in [0, 0.1) is 13.8 Å². The second kappa shape index (κ2) is 7.40. The van der Waals surface area contributed by atoms with Crippen LogP contribution in [0.15, 0.2) is 53.8 Å². The van der Waals surface area contributed by atoms with Crippen LogP contribution in [-0.2, 0) is 11.3 Å². The third kappa shape index (κ3) is 3.80. The molecule has 0 aliphatic rings. The average molecular weight is 376 g/mol. The molecule has 2 aromatic carbocycles. The molecule has 0 saturated carbocycles. The van der Waals surface area contributed by atoms with E-state index in [0.29, 0.717) is 12.3 Å². The van der Waals surface area contributed by atoms with Gasteiger partial charge in [0.05, 0.1) is 11.3 Å². The van der Waals surface area contributed by atoms with Gasteiger partial charge in [-0.3, -0.25) is 4.79 Å². The second-order valence-electron chi connectivity index (χ2n) is 6.63. The van der Waals surface area contributed by atoms with Gasteiger partial charge in [-0.1, -0.05) is 53.2 Å². The second-order valence-corrected chi connectivity index (χ2v) is 7.59. The maximum Gasteiger partial charge on any atom is 0.230 e. The number of H-pyrrole nitrogens is 1. The van der Waals surface area contributed by atoms with Gasteiger partial charge in [-0.15, -0.1) is 0 Å². The van der Waals surface area contributed by atoms with Crippen molar-refractivity contribution in [3.8, 4) is 0 Å². The van der Waals surface area contributed by atoms with E-state index < -0.39 is 0 Å². The van der Waals surface area contributed by atoms with Gasteiger partial charge in [-0.05, 0) is 31.5 Å². The molecule has 27 heavy (non-hydrogen) atoms. The lowest BCUT2D eigenvalue weighted by atomic mass is 10.1. The Morgan fingerprint density at radius 2 is 1.85 bits per heavy atom. The first-order chi connectivity index (χ1) is 13.1. The largest absolute Gasteiger partial charge is 0.351 e. The molecular weight excluding hydrogens is 356 g/mol. The molecule has 0 aliphatic carbocycles. The van der Waals surface area contributed by atoms with E-state index in [1.807, 2.05) is 31.2 Å². The number of aromatic nitrogens is 3. The minimum absolute atomic E-state index is 0.0145. The van der Waals surface area contributed by atoms with Crippen LogP contribution in [0.3, 0.4) is 0 Å². The quantitative estimate of drug-likeness (QED) is 0.406. The molecule has 0 atom stereocenters. The van der Waals surface area contributed by atoms with Crippen LogP contribution in [0.2, 0.25) is 0 Å². The van der Waals surface area contributed by atoms with E-state index in [1.54, 1.807) is 6.33 Å². The van der Waals surface area contributed by atoms with E-state index >= 15 is 0 Å². The van der Waals surface area contributed by atoms with Gasteiger partial charge in [0.25, 0.3) is 0 Å². The molecule has 0 radical (unpaired) electrons. The topological polar surface area (TPSA) is 70.7 Å². The predicted molar refractivity (Wildman–Crippen MR) is 110 cm³/mol. The summed E-state index contributed by atoms with van der Waals surface area (Å²) in [6.45, 7) is 4.64. The number of thioether (sulfide) groups is 1. The normalized spacial score (nSPS) is 11.2. The van der Waals surface area contributed by atoms with Gasteiger partial charge >= 0.3 is 0 Å². The number of aryl methyl sites for hydroxylation is 2. The van der Waals surface area contributed by atoms with Gasteiger partial charge in [0.1, 0.15) is 16.9 Å². The SMILES string of the molecule is Cc1ccc(CNC(=O)CSc2ncnc3c2[nH]c2ccc(C)cc23)cc1. The van der Waals surface area contributed by atoms with Gasteiger partial charge in [0.2, 0.25) is 5.91 Å². The van der Waals surface area contributed by atoms with Crippen LogP contribution in [0.1, 0.15) is 16.7 Å². The number of nitrogens with zero attached hydrogens (tertiary/aromatic N) is 2. The highest BCUT2D eigenvalue weighted by Gasteiger charge is 2.12. The number of amides is 1. The molecule has 2 heterocycles. The number of benzene rings is 2. The van der Waals surface area contributed by atoms with Gasteiger partial charge in [-0.2, -0.15) is 0 Å². The van der Waals surface area contributed by atoms with Gasteiger partial charge in [-0.25, -0.2) is 9.97 Å². The van der Waals surface area contributed by atoms with Crippen LogP contribution in [0.25, 0.3) is 21.9 Å². The van der Waals surface area contributed by atoms with Crippen molar-refractivity contribution in [2.24, 2.45) is 0 Å². The summed E-state index contributed by atoms with van der Waals surface area (Å²) in [4.78, 5) is 24.4. The van der Waals surface area contributed by atoms with Crippen molar-refractivity contribution in [3.05, 3.63) is 65.5 Å². The molecule has 0 fully saturated rings. The number of fused-ring (bicyclic) bond motifs is 3. The van der Waals surface area contributed by atoms with Crippen molar-refractivity contribution in [2.45, 2.75) is 25.4 Å². The number of carbonyl (C=O) groups is 1. The van der Waals surface area contributed by atoms with Crippen molar-refractivity contribution in [1.29, 1.82) is 0 Å². The monoisotopic (exact) mass is 376 g/mol. The Balaban J connectivity index is 1.46. The zero-order valence-corrected chi connectivity index (χ0v) is 16.1. The Morgan fingerprint density at radius 1 is 1.07 bits per heavy atom. The first kappa shape index (κ1) is 17.5. The van der Waals surface area contributed by atoms with Crippen molar-refractivity contribution in [2.75, 3.05) is 5.75 Å². The van der Waals surface area contributed by atoms with Crippen LogP contribution in [-0.4, -0.2) is 26.6 Å². The minimum atomic E-state index is -0.0145. The number of carbonyl (C=O) groups excluding carboxylic acids is 1. The fourth-order valence-corrected chi connectivity index (χ4v) is 3.77. The summed E-state index contributed by atoms with van der Waals surface area (Å²) in [6, 6.07) is 14.4. The van der Waals surface area contributed by atoms with Gasteiger partial charge < -0.3 is 10.3 Å². The fraction of sp³-hybridized carbons (Fsp3) is 0.190. The predicted octanol–water partition coefficient (Wildman–Crippen LogP) is 4.14. The first-order valence-corrected chi connectivity index (χ1v) is 9.77. The first-order valence-electron chi connectivity index (χ1n) is 8.78. The number of hydrogen-bond acceptors (Lipinski definition) is 4.